The lowest BCUT2D eigenvalue weighted by Crippen LogP contribution is -2.54. The number of carbonyl (C=O) groups is 2. The molecule has 2 rings (SSSR count). The van der Waals surface area contributed by atoms with Crippen LogP contribution in [0.4, 0.5) is 13.2 Å². The molecule has 0 heterocycles. The number of nitrogens with one attached hydrogen (secondary N) is 1. The molecule has 1 aliphatic carbocycles. The molecule has 22 heavy (non-hydrogen) atoms. The molecule has 1 atom stereocenters. The second-order valence-corrected chi connectivity index (χ2v) is 5.49. The van der Waals surface area contributed by atoms with Crippen LogP contribution >= 0.6 is 0 Å². The number of carbonyl (C=O) groups excluding carboxylic acids is 1. The fourth-order valence-corrected chi connectivity index (χ4v) is 2.66. The standard InChI is InChI=1S/C15H16F3NO3/c16-15(17,18)9-11(12(20)21)19-13(22)14(7-4-8-14)10-5-2-1-3-6-10/h1-3,5-6,11H,4,7-9H2,(H,19,22)(H,20,21). The van der Waals surface area contributed by atoms with Crippen LogP contribution in [-0.2, 0) is 15.0 Å². The van der Waals surface area contributed by atoms with E-state index < -0.39 is 35.9 Å². The number of aliphatic carboxylic acids is 1. The van der Waals surface area contributed by atoms with E-state index in [2.05, 4.69) is 5.32 Å². The molecule has 1 amide bonds. The fourth-order valence-electron chi connectivity index (χ4n) is 2.66. The summed E-state index contributed by atoms with van der Waals surface area (Å²) in [5, 5.41) is 11.0. The number of hydrogen-bond acceptors (Lipinski definition) is 2. The Balaban J connectivity index is 2.17. The Kier molecular flexibility index (Phi) is 4.44. The van der Waals surface area contributed by atoms with Gasteiger partial charge in [0, 0.05) is 0 Å². The van der Waals surface area contributed by atoms with Crippen molar-refractivity contribution in [1.82, 2.24) is 5.32 Å². The Hall–Kier alpha value is -2.05. The van der Waals surface area contributed by atoms with E-state index in [1.54, 1.807) is 30.3 Å². The van der Waals surface area contributed by atoms with E-state index in [1.807, 2.05) is 0 Å². The van der Waals surface area contributed by atoms with Gasteiger partial charge in [-0.3, -0.25) is 4.79 Å². The van der Waals surface area contributed by atoms with Gasteiger partial charge in [0.05, 0.1) is 11.8 Å². The van der Waals surface area contributed by atoms with Gasteiger partial charge in [-0.15, -0.1) is 0 Å². The van der Waals surface area contributed by atoms with Gasteiger partial charge in [0.25, 0.3) is 0 Å². The topological polar surface area (TPSA) is 66.4 Å². The summed E-state index contributed by atoms with van der Waals surface area (Å²) in [4.78, 5) is 23.4. The minimum atomic E-state index is -4.66. The third kappa shape index (κ3) is 3.40. The first-order valence-corrected chi connectivity index (χ1v) is 6.91. The first-order chi connectivity index (χ1) is 10.2. The van der Waals surface area contributed by atoms with Crippen LogP contribution in [-0.4, -0.2) is 29.2 Å². The Morgan fingerprint density at radius 3 is 2.23 bits per heavy atom. The molecule has 1 unspecified atom stereocenters. The molecule has 0 bridgehead atoms. The molecule has 1 fully saturated rings. The van der Waals surface area contributed by atoms with E-state index in [4.69, 9.17) is 5.11 Å². The van der Waals surface area contributed by atoms with Crippen molar-refractivity contribution in [2.45, 2.75) is 43.3 Å². The van der Waals surface area contributed by atoms with Crippen molar-refractivity contribution in [2.24, 2.45) is 0 Å². The molecule has 120 valence electrons. The second kappa shape index (κ2) is 5.98. The molecule has 0 saturated heterocycles. The highest BCUT2D eigenvalue weighted by Crippen LogP contribution is 2.44. The van der Waals surface area contributed by atoms with E-state index in [0.29, 0.717) is 18.4 Å². The third-order valence-electron chi connectivity index (χ3n) is 4.01. The molecular weight excluding hydrogens is 299 g/mol. The minimum absolute atomic E-state index is 0.501. The first-order valence-electron chi connectivity index (χ1n) is 6.91. The molecule has 1 aromatic carbocycles. The maximum Gasteiger partial charge on any atom is 0.391 e. The maximum absolute atomic E-state index is 12.4. The molecule has 0 aliphatic heterocycles. The first kappa shape index (κ1) is 16.3. The lowest BCUT2D eigenvalue weighted by Gasteiger charge is -2.41. The van der Waals surface area contributed by atoms with Crippen molar-refractivity contribution in [3.8, 4) is 0 Å². The van der Waals surface area contributed by atoms with Crippen molar-refractivity contribution >= 4 is 11.9 Å². The lowest BCUT2D eigenvalue weighted by molar-refractivity contribution is -0.161. The summed E-state index contributed by atoms with van der Waals surface area (Å²) in [5.41, 5.74) is -0.213. The monoisotopic (exact) mass is 315 g/mol. The molecule has 7 heteroatoms. The van der Waals surface area contributed by atoms with Gasteiger partial charge < -0.3 is 10.4 Å². The number of hydrogen-bond donors (Lipinski definition) is 2. The molecule has 0 spiro atoms. The summed E-state index contributed by atoms with van der Waals surface area (Å²) >= 11 is 0. The van der Waals surface area contributed by atoms with Crippen molar-refractivity contribution < 1.29 is 27.9 Å². The fraction of sp³-hybridized carbons (Fsp3) is 0.467. The molecule has 0 radical (unpaired) electrons. The Bertz CT molecular complexity index is 553. The average molecular weight is 315 g/mol. The molecule has 2 N–H and O–H groups in total. The SMILES string of the molecule is O=C(O)C(CC(F)(F)F)NC(=O)C1(c2ccccc2)CCC1. The number of carboxylic acid groups (broad SMARTS) is 1. The number of benzene rings is 1. The normalized spacial score (nSPS) is 18.1. The Morgan fingerprint density at radius 1 is 1.23 bits per heavy atom. The van der Waals surface area contributed by atoms with E-state index in [1.165, 1.54) is 0 Å². The van der Waals surface area contributed by atoms with Crippen LogP contribution in [0.1, 0.15) is 31.2 Å². The quantitative estimate of drug-likeness (QED) is 0.878. The number of rotatable bonds is 5. The predicted molar refractivity (Wildman–Crippen MR) is 72.2 cm³/mol. The zero-order chi connectivity index (χ0) is 16.4. The van der Waals surface area contributed by atoms with Crippen molar-refractivity contribution in [1.29, 1.82) is 0 Å². The minimum Gasteiger partial charge on any atom is -0.480 e. The maximum atomic E-state index is 12.4. The van der Waals surface area contributed by atoms with Gasteiger partial charge in [0.15, 0.2) is 0 Å². The van der Waals surface area contributed by atoms with Gasteiger partial charge in [0.2, 0.25) is 5.91 Å². The highest BCUT2D eigenvalue weighted by atomic mass is 19.4. The second-order valence-electron chi connectivity index (χ2n) is 5.49. The number of carboxylic acids is 1. The van der Waals surface area contributed by atoms with E-state index in [0.717, 1.165) is 6.42 Å². The zero-order valence-corrected chi connectivity index (χ0v) is 11.7. The Morgan fingerprint density at radius 2 is 1.82 bits per heavy atom. The molecule has 1 saturated carbocycles. The highest BCUT2D eigenvalue weighted by Gasteiger charge is 2.47. The lowest BCUT2D eigenvalue weighted by atomic mass is 9.63. The summed E-state index contributed by atoms with van der Waals surface area (Å²) in [6.45, 7) is 0. The average Bonchev–Trinajstić information content (AvgIpc) is 2.36. The largest absolute Gasteiger partial charge is 0.480 e. The van der Waals surface area contributed by atoms with Gasteiger partial charge in [-0.1, -0.05) is 36.8 Å². The summed E-state index contributed by atoms with van der Waals surface area (Å²) < 4.78 is 37.3. The van der Waals surface area contributed by atoms with Gasteiger partial charge in [-0.25, -0.2) is 4.79 Å². The van der Waals surface area contributed by atoms with Crippen LogP contribution in [0, 0.1) is 0 Å². The smallest absolute Gasteiger partial charge is 0.391 e. The zero-order valence-electron chi connectivity index (χ0n) is 11.7. The summed E-state index contributed by atoms with van der Waals surface area (Å²) in [6, 6.07) is 6.77. The van der Waals surface area contributed by atoms with Gasteiger partial charge in [-0.05, 0) is 18.4 Å². The summed E-state index contributed by atoms with van der Waals surface area (Å²) in [7, 11) is 0. The summed E-state index contributed by atoms with van der Waals surface area (Å²) in [6.07, 6.45) is -4.46. The number of alkyl halides is 3. The van der Waals surface area contributed by atoms with Crippen LogP contribution in [0.2, 0.25) is 0 Å². The van der Waals surface area contributed by atoms with E-state index in [-0.39, 0.29) is 0 Å². The number of halogens is 3. The molecule has 1 aliphatic rings. The van der Waals surface area contributed by atoms with Crippen molar-refractivity contribution in [2.75, 3.05) is 0 Å². The third-order valence-corrected chi connectivity index (χ3v) is 4.01. The van der Waals surface area contributed by atoms with Crippen molar-refractivity contribution in [3.05, 3.63) is 35.9 Å². The van der Waals surface area contributed by atoms with Crippen LogP contribution in [0.15, 0.2) is 30.3 Å². The Labute approximate surface area is 125 Å². The van der Waals surface area contributed by atoms with Crippen LogP contribution in [0.3, 0.4) is 0 Å². The van der Waals surface area contributed by atoms with Gasteiger partial charge >= 0.3 is 12.1 Å². The van der Waals surface area contributed by atoms with Crippen LogP contribution in [0.25, 0.3) is 0 Å². The molecular formula is C15H16F3NO3. The van der Waals surface area contributed by atoms with E-state index in [9.17, 15) is 22.8 Å². The molecule has 4 nitrogen and oxygen atoms in total. The van der Waals surface area contributed by atoms with Crippen molar-refractivity contribution in [3.63, 3.8) is 0 Å². The predicted octanol–water partition coefficient (Wildman–Crippen LogP) is 2.63. The molecule has 0 aromatic heterocycles. The van der Waals surface area contributed by atoms with Crippen LogP contribution in [0.5, 0.6) is 0 Å². The highest BCUT2D eigenvalue weighted by molar-refractivity contribution is 5.92. The summed E-state index contributed by atoms with van der Waals surface area (Å²) in [5.74, 6) is -2.34. The van der Waals surface area contributed by atoms with Gasteiger partial charge in [-0.2, -0.15) is 13.2 Å². The van der Waals surface area contributed by atoms with E-state index >= 15 is 0 Å². The van der Waals surface area contributed by atoms with Crippen LogP contribution < -0.4 is 5.32 Å². The van der Waals surface area contributed by atoms with Gasteiger partial charge in [0.1, 0.15) is 6.04 Å². The molecule has 1 aromatic rings. The number of amides is 1.